The van der Waals surface area contributed by atoms with E-state index in [0.717, 1.165) is 7.11 Å². The molecule has 3 heterocycles. The number of rotatable bonds is 21. The fourth-order valence-corrected chi connectivity index (χ4v) is 7.75. The van der Waals surface area contributed by atoms with Gasteiger partial charge in [0.25, 0.3) is 11.6 Å². The highest BCUT2D eigenvalue weighted by Crippen LogP contribution is 2.44. The van der Waals surface area contributed by atoms with Crippen LogP contribution in [0.2, 0.25) is 0 Å². The number of hydrogen-bond acceptors (Lipinski definition) is 20. The largest absolute Gasteiger partial charge is 0.465 e. The van der Waals surface area contributed by atoms with E-state index >= 15 is 0 Å². The van der Waals surface area contributed by atoms with E-state index in [4.69, 9.17) is 80.5 Å². The normalized spacial score (nSPS) is 36.9. The van der Waals surface area contributed by atoms with Crippen LogP contribution in [0.3, 0.4) is 0 Å². The third-order valence-corrected chi connectivity index (χ3v) is 10.8. The van der Waals surface area contributed by atoms with Gasteiger partial charge in [-0.15, -0.1) is 0 Å². The quantitative estimate of drug-likeness (QED) is 0.126. The number of nitrogens with zero attached hydrogens (tertiary/aromatic N) is 1. The summed E-state index contributed by atoms with van der Waals surface area (Å²) in [6.45, 7) is 1.30. The van der Waals surface area contributed by atoms with Crippen LogP contribution in [0, 0.1) is 0 Å². The Labute approximate surface area is 334 Å². The van der Waals surface area contributed by atoms with Crippen molar-refractivity contribution in [2.24, 2.45) is 0 Å². The first-order chi connectivity index (χ1) is 27.3. The van der Waals surface area contributed by atoms with E-state index in [9.17, 15) is 14.4 Å². The van der Waals surface area contributed by atoms with Crippen molar-refractivity contribution in [1.29, 1.82) is 0 Å². The first-order valence-electron chi connectivity index (χ1n) is 18.2. The number of esters is 2. The van der Waals surface area contributed by atoms with Gasteiger partial charge in [-0.05, 0) is 0 Å². The van der Waals surface area contributed by atoms with Gasteiger partial charge in [0.15, 0.2) is 12.4 Å². The molecular weight excluding hydrogens is 766 g/mol. The molecule has 15 atom stereocenters. The van der Waals surface area contributed by atoms with Crippen LogP contribution >= 0.6 is 0 Å². The van der Waals surface area contributed by atoms with E-state index in [1.807, 2.05) is 0 Å². The average Bonchev–Trinajstić information content (AvgIpc) is 3.23. The molecule has 0 aromatic carbocycles. The first kappa shape index (κ1) is 49.2. The molecule has 0 spiro atoms. The Morgan fingerprint density at radius 2 is 1.25 bits per heavy atom. The van der Waals surface area contributed by atoms with Crippen LogP contribution in [0.4, 0.5) is 0 Å². The lowest BCUT2D eigenvalue weighted by atomic mass is 9.87. The van der Waals surface area contributed by atoms with Crippen LogP contribution in [0.15, 0.2) is 0 Å². The number of carbonyl (C=O) groups excluding carboxylic acids is 3. The molecule has 0 N–H and O–H groups in total. The van der Waals surface area contributed by atoms with Gasteiger partial charge in [0.2, 0.25) is 5.91 Å². The molecule has 1 amide bonds. The van der Waals surface area contributed by atoms with Gasteiger partial charge in [0.05, 0.1) is 46.2 Å². The van der Waals surface area contributed by atoms with Crippen molar-refractivity contribution in [1.82, 2.24) is 4.90 Å². The van der Waals surface area contributed by atoms with Crippen molar-refractivity contribution in [3.05, 3.63) is 0 Å². The number of ether oxygens (including phenoxy) is 17. The minimum Gasteiger partial charge on any atom is -0.465 e. The van der Waals surface area contributed by atoms with Crippen LogP contribution in [-0.2, 0) is 94.9 Å². The lowest BCUT2D eigenvalue weighted by Crippen LogP contribution is -2.74. The van der Waals surface area contributed by atoms with Crippen LogP contribution < -0.4 is 0 Å². The Balaban J connectivity index is 2.11. The zero-order valence-corrected chi connectivity index (χ0v) is 35.4. The third kappa shape index (κ3) is 10.1. The number of amides is 1. The van der Waals surface area contributed by atoms with Crippen molar-refractivity contribution in [3.63, 3.8) is 0 Å². The summed E-state index contributed by atoms with van der Waals surface area (Å²) in [6.07, 6.45) is -12.7. The van der Waals surface area contributed by atoms with E-state index in [-0.39, 0.29) is 32.1 Å². The molecule has 2 unspecified atom stereocenters. The monoisotopic (exact) mass is 829 g/mol. The van der Waals surface area contributed by atoms with E-state index in [1.165, 1.54) is 90.0 Å². The van der Waals surface area contributed by atoms with Crippen molar-refractivity contribution < 1.29 is 94.9 Å². The second-order valence-electron chi connectivity index (χ2n) is 13.5. The molecule has 3 rings (SSSR count). The lowest BCUT2D eigenvalue weighted by Gasteiger charge is -2.54. The van der Waals surface area contributed by atoms with Crippen molar-refractivity contribution >= 4 is 17.8 Å². The van der Waals surface area contributed by atoms with Crippen molar-refractivity contribution in [3.8, 4) is 0 Å². The van der Waals surface area contributed by atoms with Gasteiger partial charge in [-0.3, -0.25) is 4.79 Å². The summed E-state index contributed by atoms with van der Waals surface area (Å²) in [5, 5.41) is 0. The third-order valence-electron chi connectivity index (χ3n) is 10.8. The topological polar surface area (TPSA) is 211 Å². The number of likely N-dealkylation sites (N-methyl/N-ethyl adjacent to an activating group) is 1. The Morgan fingerprint density at radius 3 is 1.72 bits per heavy atom. The smallest absolute Gasteiger partial charge is 0.369 e. The Bertz CT molecular complexity index is 1260. The molecule has 0 bridgehead atoms. The molecular formula is C36H63NO20. The second-order valence-corrected chi connectivity index (χ2v) is 13.5. The highest BCUT2D eigenvalue weighted by atomic mass is 16.8. The molecule has 3 aliphatic rings. The Morgan fingerprint density at radius 1 is 0.684 bits per heavy atom. The van der Waals surface area contributed by atoms with Gasteiger partial charge < -0.3 is 85.4 Å². The van der Waals surface area contributed by atoms with Gasteiger partial charge in [0.1, 0.15) is 54.9 Å². The van der Waals surface area contributed by atoms with Crippen molar-refractivity contribution in [2.75, 3.05) is 112 Å². The number of hydrogen-bond donors (Lipinski definition) is 0. The van der Waals surface area contributed by atoms with Crippen LogP contribution in [0.1, 0.15) is 13.3 Å². The maximum Gasteiger partial charge on any atom is 0.369 e. The summed E-state index contributed by atoms with van der Waals surface area (Å²) < 4.78 is 100. The molecule has 0 aliphatic carbocycles. The molecule has 0 aromatic heterocycles. The van der Waals surface area contributed by atoms with Crippen LogP contribution in [-0.4, -0.2) is 226 Å². The van der Waals surface area contributed by atoms with E-state index in [2.05, 4.69) is 0 Å². The predicted octanol–water partition coefficient (Wildman–Crippen LogP) is -1.07. The van der Waals surface area contributed by atoms with E-state index < -0.39 is 103 Å². The van der Waals surface area contributed by atoms with Gasteiger partial charge >= 0.3 is 11.9 Å². The van der Waals surface area contributed by atoms with Crippen molar-refractivity contribution in [2.45, 2.75) is 104 Å². The zero-order valence-electron chi connectivity index (χ0n) is 35.4. The zero-order chi connectivity index (χ0) is 42.7. The molecule has 3 fully saturated rings. The molecule has 21 heteroatoms. The fourth-order valence-electron chi connectivity index (χ4n) is 7.75. The second kappa shape index (κ2) is 22.4. The van der Waals surface area contributed by atoms with Gasteiger partial charge in [-0.25, -0.2) is 9.59 Å². The fraction of sp³-hybridized carbons (Fsp3) is 0.917. The molecule has 332 valence electrons. The van der Waals surface area contributed by atoms with Crippen LogP contribution in [0.5, 0.6) is 0 Å². The number of methoxy groups -OCH3 is 12. The van der Waals surface area contributed by atoms with Crippen LogP contribution in [0.25, 0.3) is 0 Å². The van der Waals surface area contributed by atoms with Gasteiger partial charge in [-0.1, -0.05) is 0 Å². The SMILES string of the molecule is COC[C@@H](OC)C1O[C@@](OC)(C(=O)OC)C[C@@H](O[C@@]2(C(=O)OC)O[C@H]([C@@H](CO[C@H]3OC[C@H](N(C)C(C)=O)[C@H](OC)[C@H]3OC)OC)[C@H](OC)[C@H](OC)[C@@H]2OC)C1OC. The highest BCUT2D eigenvalue weighted by molar-refractivity contribution is 5.80. The van der Waals surface area contributed by atoms with E-state index in [1.54, 1.807) is 7.05 Å². The van der Waals surface area contributed by atoms with Gasteiger partial charge in [0, 0.05) is 91.5 Å². The summed E-state index contributed by atoms with van der Waals surface area (Å²) in [5.41, 5.74) is 0. The summed E-state index contributed by atoms with van der Waals surface area (Å²) in [5.74, 6) is -6.66. The highest BCUT2D eigenvalue weighted by Gasteiger charge is 2.67. The van der Waals surface area contributed by atoms with E-state index in [0.29, 0.717) is 0 Å². The molecule has 0 aromatic rings. The summed E-state index contributed by atoms with van der Waals surface area (Å²) >= 11 is 0. The lowest BCUT2D eigenvalue weighted by molar-refractivity contribution is -0.401. The summed E-state index contributed by atoms with van der Waals surface area (Å²) in [6, 6.07) is -0.466. The standard InChI is InChI=1S/C36H63NO20/c1-19(38)37(2)20-16-53-32(30(48-10)24(20)44-6)54-18-23(43-5)27-28(46-8)29(47-9)31(49-11)36(57-27,34(40)51-13)55-21-15-35(52-14,33(39)50-12)56-26(25(21)45-7)22(42-4)17-41-3/h20-32H,15-18H2,1-14H3/t20-,21+,22+,23+,24-,25?,26?,27+,28-,29-,30+,31-,32+,35+,36+/m0/s1. The average molecular weight is 830 g/mol. The predicted molar refractivity (Wildman–Crippen MR) is 192 cm³/mol. The maximum absolute atomic E-state index is 14.3. The molecule has 3 aliphatic heterocycles. The number of carbonyl (C=O) groups is 3. The maximum atomic E-state index is 14.3. The molecule has 0 saturated carbocycles. The molecule has 0 radical (unpaired) electrons. The first-order valence-corrected chi connectivity index (χ1v) is 18.2. The minimum absolute atomic E-state index is 0.000758. The molecule has 21 nitrogen and oxygen atoms in total. The summed E-state index contributed by atoms with van der Waals surface area (Å²) in [7, 11) is 18.0. The summed E-state index contributed by atoms with van der Waals surface area (Å²) in [4.78, 5) is 41.4. The molecule has 57 heavy (non-hydrogen) atoms. The van der Waals surface area contributed by atoms with Gasteiger partial charge in [-0.2, -0.15) is 0 Å². The minimum atomic E-state index is -2.47. The molecule has 3 saturated heterocycles. The Kier molecular flexibility index (Phi) is 19.3. The Hall–Kier alpha value is -2.19.